The number of carbonyl (C=O) groups excluding carboxylic acids is 3. The van der Waals surface area contributed by atoms with Gasteiger partial charge in [0.25, 0.3) is 0 Å². The highest BCUT2D eigenvalue weighted by molar-refractivity contribution is 6.30. The first-order chi connectivity index (χ1) is 17.3. The molecule has 38 heavy (non-hydrogen) atoms. The molecule has 12 heteroatoms. The third kappa shape index (κ3) is 8.80. The summed E-state index contributed by atoms with van der Waals surface area (Å²) >= 11 is 6.39. The van der Waals surface area contributed by atoms with Crippen molar-refractivity contribution >= 4 is 41.3 Å². The molecule has 2 aromatic heterocycles. The van der Waals surface area contributed by atoms with E-state index in [1.807, 2.05) is 0 Å². The highest BCUT2D eigenvalue weighted by Crippen LogP contribution is 2.26. The minimum absolute atomic E-state index is 0.101. The fourth-order valence-corrected chi connectivity index (χ4v) is 3.09. The molecular formula is C26H36ClN5O6. The van der Waals surface area contributed by atoms with Gasteiger partial charge in [0.2, 0.25) is 0 Å². The number of imidazole rings is 1. The quantitative estimate of drug-likeness (QED) is 0.355. The van der Waals surface area contributed by atoms with Crippen molar-refractivity contribution in [2.24, 2.45) is 0 Å². The molecule has 0 aliphatic carbocycles. The molecule has 0 fully saturated rings. The Hall–Kier alpha value is -3.52. The van der Waals surface area contributed by atoms with Crippen LogP contribution in [0.25, 0.3) is 5.65 Å². The summed E-state index contributed by atoms with van der Waals surface area (Å²) in [7, 11) is 1.63. The van der Waals surface area contributed by atoms with Crippen molar-refractivity contribution in [3.05, 3.63) is 23.2 Å². The van der Waals surface area contributed by atoms with Crippen LogP contribution in [0.15, 0.2) is 12.4 Å². The van der Waals surface area contributed by atoms with Gasteiger partial charge in [0.15, 0.2) is 11.5 Å². The summed E-state index contributed by atoms with van der Waals surface area (Å²) in [6.07, 6.45) is 0.653. The summed E-state index contributed by atoms with van der Waals surface area (Å²) < 4.78 is 17.7. The topological polar surface area (TPSA) is 116 Å². The predicted octanol–water partition coefficient (Wildman–Crippen LogP) is 5.67. The molecule has 0 unspecified atom stereocenters. The first kappa shape index (κ1) is 30.7. The zero-order valence-electron chi connectivity index (χ0n) is 23.6. The molecular weight excluding hydrogens is 514 g/mol. The lowest BCUT2D eigenvalue weighted by Gasteiger charge is -2.28. The Kier molecular flexibility index (Phi) is 9.27. The number of carbonyl (C=O) groups is 3. The van der Waals surface area contributed by atoms with Crippen LogP contribution in [0.5, 0.6) is 0 Å². The Morgan fingerprint density at radius 2 is 1.37 bits per heavy atom. The number of fused-ring (bicyclic) bond motifs is 1. The fraction of sp³-hybridized carbons (Fsp3) is 0.577. The van der Waals surface area contributed by atoms with E-state index in [4.69, 9.17) is 25.8 Å². The molecule has 0 saturated heterocycles. The molecule has 11 nitrogen and oxygen atoms in total. The molecule has 0 saturated carbocycles. The van der Waals surface area contributed by atoms with Crippen LogP contribution >= 0.6 is 11.6 Å². The molecule has 0 aliphatic heterocycles. The van der Waals surface area contributed by atoms with Crippen LogP contribution < -0.4 is 4.90 Å². The van der Waals surface area contributed by atoms with Gasteiger partial charge in [-0.05, 0) is 68.2 Å². The number of anilines is 1. The van der Waals surface area contributed by atoms with Crippen molar-refractivity contribution in [1.29, 1.82) is 0 Å². The predicted molar refractivity (Wildman–Crippen MR) is 143 cm³/mol. The van der Waals surface area contributed by atoms with Gasteiger partial charge in [-0.3, -0.25) is 4.40 Å². The lowest BCUT2D eigenvalue weighted by atomic mass is 10.2. The minimum atomic E-state index is -0.982. The van der Waals surface area contributed by atoms with Crippen molar-refractivity contribution in [3.8, 4) is 11.8 Å². The number of amides is 3. The van der Waals surface area contributed by atoms with Gasteiger partial charge in [0, 0.05) is 20.0 Å². The molecule has 0 atom stereocenters. The van der Waals surface area contributed by atoms with Crippen LogP contribution in [-0.2, 0) is 14.2 Å². The second-order valence-corrected chi connectivity index (χ2v) is 11.8. The van der Waals surface area contributed by atoms with Gasteiger partial charge < -0.3 is 19.1 Å². The maximum Gasteiger partial charge on any atom is 0.425 e. The zero-order valence-corrected chi connectivity index (χ0v) is 24.4. The molecule has 0 aromatic carbocycles. The van der Waals surface area contributed by atoms with Gasteiger partial charge in [-0.2, -0.15) is 4.90 Å². The average Bonchev–Trinajstić information content (AvgIpc) is 3.14. The minimum Gasteiger partial charge on any atom is -0.444 e. The van der Waals surface area contributed by atoms with E-state index in [0.29, 0.717) is 23.6 Å². The van der Waals surface area contributed by atoms with Crippen LogP contribution in [0.4, 0.5) is 20.2 Å². The van der Waals surface area contributed by atoms with Crippen LogP contribution in [0.3, 0.4) is 0 Å². The smallest absolute Gasteiger partial charge is 0.425 e. The van der Waals surface area contributed by atoms with E-state index < -0.39 is 35.1 Å². The number of hydrogen-bond acceptors (Lipinski definition) is 8. The number of imide groups is 1. The van der Waals surface area contributed by atoms with Gasteiger partial charge >= 0.3 is 18.3 Å². The molecule has 3 amide bonds. The Morgan fingerprint density at radius 3 is 1.87 bits per heavy atom. The third-order valence-electron chi connectivity index (χ3n) is 4.33. The van der Waals surface area contributed by atoms with Crippen molar-refractivity contribution in [2.45, 2.75) is 85.5 Å². The van der Waals surface area contributed by atoms with Gasteiger partial charge in [-0.1, -0.05) is 17.5 Å². The van der Waals surface area contributed by atoms with Crippen LogP contribution in [0.1, 0.15) is 74.4 Å². The van der Waals surface area contributed by atoms with E-state index in [9.17, 15) is 14.4 Å². The van der Waals surface area contributed by atoms with E-state index in [2.05, 4.69) is 21.8 Å². The van der Waals surface area contributed by atoms with Gasteiger partial charge in [-0.15, -0.1) is 0 Å². The summed E-state index contributed by atoms with van der Waals surface area (Å²) in [6, 6.07) is 0. The van der Waals surface area contributed by atoms with E-state index in [0.717, 1.165) is 0 Å². The standard InChI is InChI=1S/C26H36ClN5O6/c1-24(2,3)36-21(33)30(10)14-12-11-13-17-15-28-19-20(29-16-18(27)31(17)19)32(22(34)37-25(4,5)6)23(35)38-26(7,8)9/h15-16H,12,14H2,1-10H3. The fourth-order valence-electron chi connectivity index (χ4n) is 2.87. The summed E-state index contributed by atoms with van der Waals surface area (Å²) in [4.78, 5) is 48.9. The molecule has 0 radical (unpaired) electrons. The Bertz CT molecular complexity index is 1230. The van der Waals surface area contributed by atoms with Crippen molar-refractivity contribution in [1.82, 2.24) is 19.3 Å². The Morgan fingerprint density at radius 1 is 0.868 bits per heavy atom. The largest absolute Gasteiger partial charge is 0.444 e. The first-order valence-corrected chi connectivity index (χ1v) is 12.4. The zero-order chi connectivity index (χ0) is 29.1. The number of rotatable bonds is 3. The molecule has 2 rings (SSSR count). The van der Waals surface area contributed by atoms with E-state index in [1.54, 1.807) is 69.4 Å². The third-order valence-corrected chi connectivity index (χ3v) is 4.59. The molecule has 0 aliphatic rings. The molecule has 2 heterocycles. The van der Waals surface area contributed by atoms with Gasteiger partial charge in [0.05, 0.1) is 12.4 Å². The normalized spacial score (nSPS) is 11.9. The average molecular weight is 550 g/mol. The second-order valence-electron chi connectivity index (χ2n) is 11.5. The molecule has 208 valence electrons. The summed E-state index contributed by atoms with van der Waals surface area (Å²) in [5.74, 6) is 5.81. The number of ether oxygens (including phenoxy) is 3. The molecule has 0 spiro atoms. The van der Waals surface area contributed by atoms with Crippen LogP contribution in [-0.4, -0.2) is 67.9 Å². The summed E-state index contributed by atoms with van der Waals surface area (Å²) in [5, 5.41) is 0.157. The molecule has 0 N–H and O–H groups in total. The Labute approximate surface area is 228 Å². The van der Waals surface area contributed by atoms with Gasteiger partial charge in [0.1, 0.15) is 27.7 Å². The maximum absolute atomic E-state index is 13.1. The highest BCUT2D eigenvalue weighted by Gasteiger charge is 2.35. The lowest BCUT2D eigenvalue weighted by Crippen LogP contribution is -2.44. The number of hydrogen-bond donors (Lipinski definition) is 0. The maximum atomic E-state index is 13.1. The van der Waals surface area contributed by atoms with Crippen molar-refractivity contribution in [2.75, 3.05) is 18.5 Å². The van der Waals surface area contributed by atoms with E-state index in [1.165, 1.54) is 21.7 Å². The van der Waals surface area contributed by atoms with Crippen molar-refractivity contribution < 1.29 is 28.6 Å². The SMILES string of the molecule is CN(CCC#Cc1cnc2c(N(C(=O)OC(C)(C)C)C(=O)OC(C)(C)C)ncc(Cl)n12)C(=O)OC(C)(C)C. The number of halogens is 1. The molecule has 2 aromatic rings. The van der Waals surface area contributed by atoms with E-state index in [-0.39, 0.29) is 16.6 Å². The Balaban J connectivity index is 2.40. The van der Waals surface area contributed by atoms with Gasteiger partial charge in [-0.25, -0.2) is 24.4 Å². The lowest BCUT2D eigenvalue weighted by molar-refractivity contribution is 0.0300. The first-order valence-electron chi connectivity index (χ1n) is 12.0. The van der Waals surface area contributed by atoms with Crippen LogP contribution in [0, 0.1) is 11.8 Å². The van der Waals surface area contributed by atoms with E-state index >= 15 is 0 Å². The van der Waals surface area contributed by atoms with Crippen molar-refractivity contribution in [3.63, 3.8) is 0 Å². The van der Waals surface area contributed by atoms with Crippen LogP contribution in [0.2, 0.25) is 5.15 Å². The highest BCUT2D eigenvalue weighted by atomic mass is 35.5. The number of aromatic nitrogens is 3. The summed E-state index contributed by atoms with van der Waals surface area (Å²) in [5.41, 5.74) is -1.88. The number of nitrogens with zero attached hydrogens (tertiary/aromatic N) is 5. The second kappa shape index (κ2) is 11.5. The summed E-state index contributed by atoms with van der Waals surface area (Å²) in [6.45, 7) is 15.8. The monoisotopic (exact) mass is 549 g/mol. The molecule has 0 bridgehead atoms.